The van der Waals surface area contributed by atoms with E-state index in [4.69, 9.17) is 14.2 Å². The summed E-state index contributed by atoms with van der Waals surface area (Å²) < 4.78 is 16.7. The summed E-state index contributed by atoms with van der Waals surface area (Å²) >= 11 is 0. The molecule has 0 saturated carbocycles. The Morgan fingerprint density at radius 2 is 1.77 bits per heavy atom. The number of nitrogens with zero attached hydrogens (tertiary/aromatic N) is 1. The lowest BCUT2D eigenvalue weighted by atomic mass is 10.1. The highest BCUT2D eigenvalue weighted by atomic mass is 127. The highest BCUT2D eigenvalue weighted by Gasteiger charge is 2.06. The molecule has 0 bridgehead atoms. The van der Waals surface area contributed by atoms with Gasteiger partial charge in [0.2, 0.25) is 0 Å². The topological polar surface area (TPSA) is 64.1 Å². The van der Waals surface area contributed by atoms with Crippen LogP contribution in [0.15, 0.2) is 53.5 Å². The van der Waals surface area contributed by atoms with Crippen LogP contribution < -0.4 is 15.4 Å². The fourth-order valence-corrected chi connectivity index (χ4v) is 2.88. The molecule has 0 heterocycles. The smallest absolute Gasteiger partial charge is 0.191 e. The predicted molar refractivity (Wildman–Crippen MR) is 137 cm³/mol. The third-order valence-corrected chi connectivity index (χ3v) is 4.56. The number of ether oxygens (including phenoxy) is 3. The van der Waals surface area contributed by atoms with Crippen LogP contribution in [0, 0.1) is 6.92 Å². The summed E-state index contributed by atoms with van der Waals surface area (Å²) in [5, 5.41) is 6.71. The van der Waals surface area contributed by atoms with Crippen molar-refractivity contribution in [1.82, 2.24) is 10.6 Å². The number of rotatable bonds is 13. The molecule has 0 unspecified atom stereocenters. The second kappa shape index (κ2) is 16.8. The van der Waals surface area contributed by atoms with Gasteiger partial charge in [-0.25, -0.2) is 0 Å². The van der Waals surface area contributed by atoms with E-state index in [-0.39, 0.29) is 24.0 Å². The molecule has 2 aromatic rings. The van der Waals surface area contributed by atoms with Gasteiger partial charge in [-0.2, -0.15) is 0 Å². The van der Waals surface area contributed by atoms with Crippen molar-refractivity contribution in [3.63, 3.8) is 0 Å². The summed E-state index contributed by atoms with van der Waals surface area (Å²) in [6.07, 6.45) is 2.03. The van der Waals surface area contributed by atoms with Gasteiger partial charge in [-0.1, -0.05) is 42.5 Å². The summed E-state index contributed by atoms with van der Waals surface area (Å²) in [6, 6.07) is 16.5. The molecule has 7 heteroatoms. The van der Waals surface area contributed by atoms with Crippen LogP contribution in [-0.2, 0) is 22.6 Å². The molecule has 172 valence electrons. The molecule has 0 atom stereocenters. The number of aliphatic imine (C=N–C) groups is 1. The number of hydrogen-bond acceptors (Lipinski definition) is 4. The average molecular weight is 541 g/mol. The number of nitrogens with one attached hydrogen (secondary N) is 2. The van der Waals surface area contributed by atoms with Crippen molar-refractivity contribution in [3.05, 3.63) is 65.2 Å². The first-order valence-electron chi connectivity index (χ1n) is 10.5. The number of benzene rings is 2. The first-order valence-corrected chi connectivity index (χ1v) is 10.5. The molecule has 0 aromatic heterocycles. The SMILES string of the molecule is CN=C(NCCCCOCc1ccccc1)NCc1ccc(C)cc1OCCOC.I. The van der Waals surface area contributed by atoms with Crippen LogP contribution in [0.25, 0.3) is 0 Å². The second-order valence-corrected chi connectivity index (χ2v) is 7.05. The summed E-state index contributed by atoms with van der Waals surface area (Å²) in [6.45, 7) is 6.08. The van der Waals surface area contributed by atoms with Crippen molar-refractivity contribution < 1.29 is 14.2 Å². The van der Waals surface area contributed by atoms with Crippen LogP contribution in [0.5, 0.6) is 5.75 Å². The minimum absolute atomic E-state index is 0. The molecule has 0 aliphatic rings. The first kappa shape index (κ1) is 27.2. The minimum atomic E-state index is 0. The zero-order valence-corrected chi connectivity index (χ0v) is 21.2. The van der Waals surface area contributed by atoms with E-state index in [1.165, 1.54) is 11.1 Å². The Morgan fingerprint density at radius 3 is 2.52 bits per heavy atom. The van der Waals surface area contributed by atoms with E-state index in [0.717, 1.165) is 43.3 Å². The van der Waals surface area contributed by atoms with Crippen molar-refractivity contribution in [2.45, 2.75) is 32.9 Å². The lowest BCUT2D eigenvalue weighted by Gasteiger charge is -2.15. The molecule has 2 aromatic carbocycles. The second-order valence-electron chi connectivity index (χ2n) is 7.05. The molecular formula is C24H36IN3O3. The van der Waals surface area contributed by atoms with Crippen LogP contribution in [0.3, 0.4) is 0 Å². The summed E-state index contributed by atoms with van der Waals surface area (Å²) in [5.74, 6) is 1.66. The van der Waals surface area contributed by atoms with E-state index in [0.29, 0.717) is 26.4 Å². The first-order chi connectivity index (χ1) is 14.7. The van der Waals surface area contributed by atoms with Gasteiger partial charge in [0.1, 0.15) is 12.4 Å². The molecule has 0 amide bonds. The molecule has 2 N–H and O–H groups in total. The highest BCUT2D eigenvalue weighted by molar-refractivity contribution is 14.0. The van der Waals surface area contributed by atoms with Gasteiger partial charge in [0, 0.05) is 39.4 Å². The van der Waals surface area contributed by atoms with Gasteiger partial charge in [-0.05, 0) is 37.0 Å². The van der Waals surface area contributed by atoms with Gasteiger partial charge in [0.15, 0.2) is 5.96 Å². The van der Waals surface area contributed by atoms with E-state index in [9.17, 15) is 0 Å². The van der Waals surface area contributed by atoms with Crippen LogP contribution in [0.1, 0.15) is 29.5 Å². The van der Waals surface area contributed by atoms with Gasteiger partial charge >= 0.3 is 0 Å². The Labute approximate surface area is 203 Å². The van der Waals surface area contributed by atoms with Crippen molar-refractivity contribution in [3.8, 4) is 5.75 Å². The highest BCUT2D eigenvalue weighted by Crippen LogP contribution is 2.20. The predicted octanol–water partition coefficient (Wildman–Crippen LogP) is 4.30. The Kier molecular flexibility index (Phi) is 14.7. The molecule has 2 rings (SSSR count). The maximum Gasteiger partial charge on any atom is 0.191 e. The quantitative estimate of drug-likeness (QED) is 0.171. The van der Waals surface area contributed by atoms with Crippen LogP contribution in [0.2, 0.25) is 0 Å². The maximum atomic E-state index is 5.85. The van der Waals surface area contributed by atoms with Crippen molar-refractivity contribution in [2.75, 3.05) is 40.5 Å². The summed E-state index contributed by atoms with van der Waals surface area (Å²) in [5.41, 5.74) is 3.47. The van der Waals surface area contributed by atoms with Crippen LogP contribution in [0.4, 0.5) is 0 Å². The number of unbranched alkanes of at least 4 members (excludes halogenated alkanes) is 1. The molecule has 0 saturated heterocycles. The number of methoxy groups -OCH3 is 1. The lowest BCUT2D eigenvalue weighted by molar-refractivity contribution is 0.117. The average Bonchev–Trinajstić information content (AvgIpc) is 2.77. The Balaban J connectivity index is 0.00000480. The fourth-order valence-electron chi connectivity index (χ4n) is 2.88. The van der Waals surface area contributed by atoms with Gasteiger partial charge < -0.3 is 24.8 Å². The van der Waals surface area contributed by atoms with Crippen molar-refractivity contribution >= 4 is 29.9 Å². The van der Waals surface area contributed by atoms with Crippen LogP contribution in [-0.4, -0.2) is 46.5 Å². The van der Waals surface area contributed by atoms with Gasteiger partial charge in [0.25, 0.3) is 0 Å². The van der Waals surface area contributed by atoms with Gasteiger partial charge in [0.05, 0.1) is 13.2 Å². The molecule has 0 aliphatic heterocycles. The molecule has 0 spiro atoms. The minimum Gasteiger partial charge on any atom is -0.491 e. The van der Waals surface area contributed by atoms with E-state index in [1.807, 2.05) is 18.2 Å². The number of guanidine groups is 1. The van der Waals surface area contributed by atoms with Gasteiger partial charge in [-0.3, -0.25) is 4.99 Å². The van der Waals surface area contributed by atoms with Crippen LogP contribution >= 0.6 is 24.0 Å². The Bertz CT molecular complexity index is 757. The standard InChI is InChI=1S/C24H35N3O3.HI/c1-20-11-12-22(23(17-20)30-16-15-28-3)18-27-24(25-2)26-13-7-8-14-29-19-21-9-5-4-6-10-21;/h4-6,9-12,17H,7-8,13-16,18-19H2,1-3H3,(H2,25,26,27);1H. The zero-order chi connectivity index (χ0) is 21.4. The van der Waals surface area contributed by atoms with Gasteiger partial charge in [-0.15, -0.1) is 24.0 Å². The zero-order valence-electron chi connectivity index (χ0n) is 18.9. The normalized spacial score (nSPS) is 11.0. The van der Waals surface area contributed by atoms with E-state index in [2.05, 4.69) is 52.9 Å². The molecule has 0 aliphatic carbocycles. The van der Waals surface area contributed by atoms with Crippen molar-refractivity contribution in [1.29, 1.82) is 0 Å². The fraction of sp³-hybridized carbons (Fsp3) is 0.458. The Hall–Kier alpha value is -1.84. The molecule has 0 radical (unpaired) electrons. The number of hydrogen-bond donors (Lipinski definition) is 2. The number of aryl methyl sites for hydroxylation is 1. The summed E-state index contributed by atoms with van der Waals surface area (Å²) in [7, 11) is 3.45. The lowest BCUT2D eigenvalue weighted by Crippen LogP contribution is -2.37. The largest absolute Gasteiger partial charge is 0.491 e. The monoisotopic (exact) mass is 541 g/mol. The summed E-state index contributed by atoms with van der Waals surface area (Å²) in [4.78, 5) is 4.30. The molecule has 31 heavy (non-hydrogen) atoms. The molecule has 6 nitrogen and oxygen atoms in total. The van der Waals surface area contributed by atoms with E-state index < -0.39 is 0 Å². The Morgan fingerprint density at radius 1 is 0.968 bits per heavy atom. The third kappa shape index (κ3) is 11.4. The van der Waals surface area contributed by atoms with E-state index >= 15 is 0 Å². The number of halogens is 1. The van der Waals surface area contributed by atoms with Crippen molar-refractivity contribution in [2.24, 2.45) is 4.99 Å². The van der Waals surface area contributed by atoms with E-state index in [1.54, 1.807) is 14.2 Å². The molecular weight excluding hydrogens is 505 g/mol. The third-order valence-electron chi connectivity index (χ3n) is 4.56. The maximum absolute atomic E-state index is 5.85. The molecule has 0 fully saturated rings.